The van der Waals surface area contributed by atoms with E-state index in [-0.39, 0.29) is 0 Å². The maximum Gasteiger partial charge on any atom is 0.229 e. The van der Waals surface area contributed by atoms with Crippen LogP contribution in [-0.4, -0.2) is 86.2 Å². The summed E-state index contributed by atoms with van der Waals surface area (Å²) in [6.07, 6.45) is 5.59. The average Bonchev–Trinajstić information content (AvgIpc) is 3.25. The summed E-state index contributed by atoms with van der Waals surface area (Å²) in [6, 6.07) is 8.82. The topological polar surface area (TPSA) is 91.6 Å². The first-order valence-corrected chi connectivity index (χ1v) is 12.2. The number of nitrogens with zero attached hydrogens (tertiary/aromatic N) is 6. The standard InChI is InChI=1S/C25H35N7O2/c1-25(2,33)18-31-11-9-30(10-12-31)17-19-3-5-21(6-4-19)28-24-26-15-20-16-27-32(23(20)29-24)22-7-13-34-14-8-22/h3-6,15-16,22,33H,7-14,17-18H2,1-2H3,(H,26,28,29). The summed E-state index contributed by atoms with van der Waals surface area (Å²) >= 11 is 0. The summed E-state index contributed by atoms with van der Waals surface area (Å²) in [6.45, 7) is 11.0. The molecule has 0 bridgehead atoms. The minimum absolute atomic E-state index is 0.324. The van der Waals surface area contributed by atoms with E-state index in [2.05, 4.69) is 49.5 Å². The van der Waals surface area contributed by atoms with E-state index in [0.29, 0.717) is 12.0 Å². The Hall–Kier alpha value is -2.59. The third-order valence-corrected chi connectivity index (χ3v) is 6.56. The molecule has 0 atom stereocenters. The number of aromatic nitrogens is 4. The van der Waals surface area contributed by atoms with E-state index in [1.807, 2.05) is 30.9 Å². The van der Waals surface area contributed by atoms with E-state index in [1.54, 1.807) is 0 Å². The highest BCUT2D eigenvalue weighted by atomic mass is 16.5. The van der Waals surface area contributed by atoms with Gasteiger partial charge in [0.05, 0.1) is 23.2 Å². The lowest BCUT2D eigenvalue weighted by Gasteiger charge is -2.37. The Morgan fingerprint density at radius 3 is 2.44 bits per heavy atom. The predicted octanol–water partition coefficient (Wildman–Crippen LogP) is 2.81. The second-order valence-electron chi connectivity index (χ2n) is 10.1. The minimum Gasteiger partial charge on any atom is -0.389 e. The van der Waals surface area contributed by atoms with Crippen LogP contribution >= 0.6 is 0 Å². The van der Waals surface area contributed by atoms with E-state index in [4.69, 9.17) is 9.72 Å². The zero-order valence-corrected chi connectivity index (χ0v) is 20.2. The second kappa shape index (κ2) is 9.95. The summed E-state index contributed by atoms with van der Waals surface area (Å²) in [5.74, 6) is 0.581. The molecule has 2 aromatic heterocycles. The van der Waals surface area contributed by atoms with Gasteiger partial charge in [-0.25, -0.2) is 9.67 Å². The first-order valence-electron chi connectivity index (χ1n) is 12.2. The van der Waals surface area contributed by atoms with Gasteiger partial charge in [-0.15, -0.1) is 0 Å². The first-order chi connectivity index (χ1) is 16.4. The second-order valence-corrected chi connectivity index (χ2v) is 10.1. The number of rotatable bonds is 7. The van der Waals surface area contributed by atoms with Crippen molar-refractivity contribution in [3.8, 4) is 0 Å². The fourth-order valence-corrected chi connectivity index (χ4v) is 4.83. The van der Waals surface area contributed by atoms with Gasteiger partial charge < -0.3 is 15.2 Å². The Morgan fingerprint density at radius 2 is 1.74 bits per heavy atom. The number of β-amino-alcohol motifs (C(OH)–C–C–N with tert-alkyl or cyclic N) is 1. The lowest BCUT2D eigenvalue weighted by atomic mass is 10.1. The lowest BCUT2D eigenvalue weighted by Crippen LogP contribution is -2.50. The Labute approximate surface area is 200 Å². The van der Waals surface area contributed by atoms with Gasteiger partial charge in [0.15, 0.2) is 5.65 Å². The minimum atomic E-state index is -0.635. The molecule has 9 heteroatoms. The highest BCUT2D eigenvalue weighted by molar-refractivity contribution is 5.75. The molecule has 9 nitrogen and oxygen atoms in total. The molecule has 2 aliphatic rings. The number of ether oxygens (including phenoxy) is 1. The molecule has 0 spiro atoms. The van der Waals surface area contributed by atoms with Crippen molar-refractivity contribution in [1.82, 2.24) is 29.5 Å². The molecule has 0 aliphatic carbocycles. The van der Waals surface area contributed by atoms with Crippen LogP contribution in [0.1, 0.15) is 38.3 Å². The van der Waals surface area contributed by atoms with E-state index >= 15 is 0 Å². The summed E-state index contributed by atoms with van der Waals surface area (Å²) in [5, 5.41) is 18.9. The van der Waals surface area contributed by atoms with Crippen molar-refractivity contribution in [2.45, 2.75) is 44.9 Å². The molecule has 34 heavy (non-hydrogen) atoms. The predicted molar refractivity (Wildman–Crippen MR) is 132 cm³/mol. The quantitative estimate of drug-likeness (QED) is 0.550. The fraction of sp³-hybridized carbons (Fsp3) is 0.560. The van der Waals surface area contributed by atoms with Crippen molar-refractivity contribution >= 4 is 22.7 Å². The van der Waals surface area contributed by atoms with Crippen LogP contribution in [0, 0.1) is 0 Å². The summed E-state index contributed by atoms with van der Waals surface area (Å²) in [5.41, 5.74) is 2.49. The molecule has 2 aliphatic heterocycles. The Kier molecular flexibility index (Phi) is 6.78. The maximum absolute atomic E-state index is 10.0. The number of benzene rings is 1. The normalized spacial score (nSPS) is 19.0. The molecule has 2 N–H and O–H groups in total. The molecule has 0 unspecified atom stereocenters. The number of anilines is 2. The molecule has 2 saturated heterocycles. The van der Waals surface area contributed by atoms with Crippen LogP contribution in [-0.2, 0) is 11.3 Å². The van der Waals surface area contributed by atoms with Gasteiger partial charge in [0.2, 0.25) is 5.95 Å². The highest BCUT2D eigenvalue weighted by Crippen LogP contribution is 2.25. The first kappa shape index (κ1) is 23.2. The van der Waals surface area contributed by atoms with Crippen LogP contribution in [0.2, 0.25) is 0 Å². The Bertz CT molecular complexity index is 1080. The van der Waals surface area contributed by atoms with Gasteiger partial charge in [0.25, 0.3) is 0 Å². The average molecular weight is 466 g/mol. The smallest absolute Gasteiger partial charge is 0.229 e. The largest absolute Gasteiger partial charge is 0.389 e. The van der Waals surface area contributed by atoms with Crippen LogP contribution in [0.5, 0.6) is 0 Å². The van der Waals surface area contributed by atoms with Gasteiger partial charge in [0, 0.05) is 64.4 Å². The number of fused-ring (bicyclic) bond motifs is 1. The van der Waals surface area contributed by atoms with E-state index in [0.717, 1.165) is 82.0 Å². The molecular formula is C25H35N7O2. The van der Waals surface area contributed by atoms with Gasteiger partial charge in [-0.2, -0.15) is 10.1 Å². The monoisotopic (exact) mass is 465 g/mol. The molecule has 3 aromatic rings. The molecular weight excluding hydrogens is 430 g/mol. The number of nitrogens with one attached hydrogen (secondary N) is 1. The van der Waals surface area contributed by atoms with Crippen LogP contribution in [0.15, 0.2) is 36.7 Å². The van der Waals surface area contributed by atoms with Gasteiger partial charge in [-0.05, 0) is 44.4 Å². The number of hydrogen-bond donors (Lipinski definition) is 2. The van der Waals surface area contributed by atoms with Crippen molar-refractivity contribution in [3.05, 3.63) is 42.2 Å². The van der Waals surface area contributed by atoms with Gasteiger partial charge in [0.1, 0.15) is 0 Å². The molecule has 5 rings (SSSR count). The Morgan fingerprint density at radius 1 is 1.03 bits per heavy atom. The third-order valence-electron chi connectivity index (χ3n) is 6.56. The van der Waals surface area contributed by atoms with E-state index < -0.39 is 5.60 Å². The van der Waals surface area contributed by atoms with Crippen LogP contribution in [0.25, 0.3) is 11.0 Å². The van der Waals surface area contributed by atoms with Crippen molar-refractivity contribution in [2.75, 3.05) is 51.3 Å². The van der Waals surface area contributed by atoms with Crippen LogP contribution in [0.3, 0.4) is 0 Å². The van der Waals surface area contributed by atoms with Crippen molar-refractivity contribution in [2.24, 2.45) is 0 Å². The van der Waals surface area contributed by atoms with E-state index in [9.17, 15) is 5.11 Å². The van der Waals surface area contributed by atoms with Gasteiger partial charge >= 0.3 is 0 Å². The number of piperazine rings is 1. The van der Waals surface area contributed by atoms with Crippen molar-refractivity contribution < 1.29 is 9.84 Å². The zero-order chi connectivity index (χ0) is 23.5. The maximum atomic E-state index is 10.0. The molecule has 1 aromatic carbocycles. The van der Waals surface area contributed by atoms with Gasteiger partial charge in [-0.3, -0.25) is 9.80 Å². The number of aliphatic hydroxyl groups is 1. The lowest BCUT2D eigenvalue weighted by molar-refractivity contribution is 0.0167. The van der Waals surface area contributed by atoms with Crippen molar-refractivity contribution in [1.29, 1.82) is 0 Å². The van der Waals surface area contributed by atoms with Gasteiger partial charge in [-0.1, -0.05) is 12.1 Å². The molecule has 0 radical (unpaired) electrons. The van der Waals surface area contributed by atoms with Crippen LogP contribution in [0.4, 0.5) is 11.6 Å². The molecule has 0 saturated carbocycles. The summed E-state index contributed by atoms with van der Waals surface area (Å²) in [7, 11) is 0. The Balaban J connectivity index is 1.18. The molecule has 2 fully saturated rings. The summed E-state index contributed by atoms with van der Waals surface area (Å²) < 4.78 is 7.51. The van der Waals surface area contributed by atoms with Crippen molar-refractivity contribution in [3.63, 3.8) is 0 Å². The molecule has 4 heterocycles. The van der Waals surface area contributed by atoms with E-state index in [1.165, 1.54) is 5.56 Å². The van der Waals surface area contributed by atoms with Crippen LogP contribution < -0.4 is 5.32 Å². The highest BCUT2D eigenvalue weighted by Gasteiger charge is 2.23. The third kappa shape index (κ3) is 5.72. The zero-order valence-electron chi connectivity index (χ0n) is 20.2. The molecule has 0 amide bonds. The summed E-state index contributed by atoms with van der Waals surface area (Å²) in [4.78, 5) is 14.1. The fourth-order valence-electron chi connectivity index (χ4n) is 4.83. The number of hydrogen-bond acceptors (Lipinski definition) is 8. The SMILES string of the molecule is CC(C)(O)CN1CCN(Cc2ccc(Nc3ncc4cnn(C5CCOCC5)c4n3)cc2)CC1. The molecule has 182 valence electrons.